The predicted molar refractivity (Wildman–Crippen MR) is 104 cm³/mol. The molecule has 2 atom stereocenters. The molecule has 2 aliphatic rings. The summed E-state index contributed by atoms with van der Waals surface area (Å²) in [6.45, 7) is 4.11. The minimum atomic E-state index is -0.0691. The van der Waals surface area contributed by atoms with Crippen molar-refractivity contribution in [2.24, 2.45) is 0 Å². The molecule has 0 aliphatic carbocycles. The molecule has 2 heterocycles. The van der Waals surface area contributed by atoms with Crippen LogP contribution in [-0.2, 0) is 0 Å². The van der Waals surface area contributed by atoms with Crippen molar-refractivity contribution in [1.82, 2.24) is 4.90 Å². The Morgan fingerprint density at radius 2 is 2.08 bits per heavy atom. The number of benzene rings is 2. The normalized spacial score (nSPS) is 21.9. The average Bonchev–Trinajstić information content (AvgIpc) is 2.95. The molecule has 1 saturated heterocycles. The number of anilines is 2. The van der Waals surface area contributed by atoms with E-state index in [0.717, 1.165) is 36.6 Å². The highest BCUT2D eigenvalue weighted by Gasteiger charge is 2.43. The minimum absolute atomic E-state index is 0.0691. The van der Waals surface area contributed by atoms with Crippen molar-refractivity contribution in [3.63, 3.8) is 0 Å². The molecule has 2 aliphatic heterocycles. The number of likely N-dealkylation sites (tertiary alicyclic amines) is 1. The van der Waals surface area contributed by atoms with Crippen molar-refractivity contribution >= 4 is 17.4 Å². The fourth-order valence-electron chi connectivity index (χ4n) is 4.23. The van der Waals surface area contributed by atoms with E-state index >= 15 is 0 Å². The van der Waals surface area contributed by atoms with Crippen LogP contribution in [0, 0.1) is 6.92 Å². The van der Waals surface area contributed by atoms with Crippen LogP contribution in [0.3, 0.4) is 0 Å². The summed E-state index contributed by atoms with van der Waals surface area (Å²) in [6.07, 6.45) is 0.987. The molecule has 0 spiro atoms. The second kappa shape index (κ2) is 6.65. The first-order valence-corrected chi connectivity index (χ1v) is 9.10. The Morgan fingerprint density at radius 3 is 2.88 bits per heavy atom. The Labute approximate surface area is 154 Å². The maximum atomic E-state index is 13.2. The number of hydrogen-bond donors (Lipinski definition) is 1. The molecule has 1 fully saturated rings. The van der Waals surface area contributed by atoms with Crippen LogP contribution < -0.4 is 15.0 Å². The van der Waals surface area contributed by atoms with E-state index in [1.54, 1.807) is 7.11 Å². The second-order valence-electron chi connectivity index (χ2n) is 7.32. The van der Waals surface area contributed by atoms with Gasteiger partial charge in [-0.05, 0) is 50.7 Å². The highest BCUT2D eigenvalue weighted by Crippen LogP contribution is 2.45. The Balaban J connectivity index is 1.65. The molecule has 26 heavy (non-hydrogen) atoms. The number of piperidine rings is 1. The average molecular weight is 351 g/mol. The highest BCUT2D eigenvalue weighted by atomic mass is 16.5. The zero-order chi connectivity index (χ0) is 18.3. The molecule has 0 bridgehead atoms. The monoisotopic (exact) mass is 351 g/mol. The third-order valence-electron chi connectivity index (χ3n) is 5.49. The molecule has 5 nitrogen and oxygen atoms in total. The number of nitrogens with one attached hydrogen (secondary N) is 1. The summed E-state index contributed by atoms with van der Waals surface area (Å²) >= 11 is 0. The predicted octanol–water partition coefficient (Wildman–Crippen LogP) is 3.84. The number of carbonyl (C=O) groups excluding carboxylic acids is 1. The van der Waals surface area contributed by atoms with Crippen molar-refractivity contribution < 1.29 is 9.53 Å². The third-order valence-corrected chi connectivity index (χ3v) is 5.49. The Hall–Kier alpha value is -2.53. The third kappa shape index (κ3) is 2.92. The summed E-state index contributed by atoms with van der Waals surface area (Å²) in [6, 6.07) is 14.1. The number of ether oxygens (including phenoxy) is 1. The first-order valence-electron chi connectivity index (χ1n) is 9.10. The largest absolute Gasteiger partial charge is 0.497 e. The van der Waals surface area contributed by atoms with E-state index < -0.39 is 0 Å². The number of nitrogens with zero attached hydrogens (tertiary/aromatic N) is 2. The number of amides is 2. The van der Waals surface area contributed by atoms with Gasteiger partial charge in [-0.15, -0.1) is 0 Å². The number of hydrogen-bond acceptors (Lipinski definition) is 3. The molecule has 2 amide bonds. The van der Waals surface area contributed by atoms with E-state index in [2.05, 4.69) is 42.4 Å². The van der Waals surface area contributed by atoms with Gasteiger partial charge in [-0.2, -0.15) is 0 Å². The lowest BCUT2D eigenvalue weighted by Gasteiger charge is -2.36. The van der Waals surface area contributed by atoms with E-state index in [4.69, 9.17) is 4.74 Å². The van der Waals surface area contributed by atoms with Crippen LogP contribution in [-0.4, -0.2) is 44.2 Å². The standard InChI is InChI=1S/C21H25N3O2/c1-14-7-8-19-17(11-14)18-13-23(2)10-9-20(18)24(19)21(25)22-15-5-4-6-16(12-15)26-3/h4-8,11-12,18,20H,9-10,13H2,1-3H3,(H,22,25)/t18-,20-/m0/s1. The van der Waals surface area contributed by atoms with Gasteiger partial charge in [-0.3, -0.25) is 4.90 Å². The van der Waals surface area contributed by atoms with E-state index in [9.17, 15) is 4.79 Å². The molecule has 4 rings (SSSR count). The van der Waals surface area contributed by atoms with Crippen LogP contribution in [0.2, 0.25) is 0 Å². The van der Waals surface area contributed by atoms with Crippen molar-refractivity contribution in [2.75, 3.05) is 37.5 Å². The molecule has 1 N–H and O–H groups in total. The number of methoxy groups -OCH3 is 1. The number of aryl methyl sites for hydroxylation is 1. The molecule has 0 radical (unpaired) electrons. The maximum Gasteiger partial charge on any atom is 0.326 e. The summed E-state index contributed by atoms with van der Waals surface area (Å²) in [7, 11) is 3.79. The number of urea groups is 1. The van der Waals surface area contributed by atoms with E-state index in [1.165, 1.54) is 11.1 Å². The van der Waals surface area contributed by atoms with Gasteiger partial charge < -0.3 is 15.0 Å². The molecule has 0 unspecified atom stereocenters. The van der Waals surface area contributed by atoms with Crippen LogP contribution >= 0.6 is 0 Å². The van der Waals surface area contributed by atoms with E-state index in [1.807, 2.05) is 29.2 Å². The zero-order valence-corrected chi connectivity index (χ0v) is 15.5. The molecule has 5 heteroatoms. The van der Waals surface area contributed by atoms with Gasteiger partial charge in [-0.1, -0.05) is 23.8 Å². The molecule has 2 aromatic rings. The topological polar surface area (TPSA) is 44.8 Å². The van der Waals surface area contributed by atoms with Crippen LogP contribution in [0.5, 0.6) is 5.75 Å². The van der Waals surface area contributed by atoms with Crippen LogP contribution in [0.15, 0.2) is 42.5 Å². The van der Waals surface area contributed by atoms with Gasteiger partial charge in [0, 0.05) is 35.9 Å². The Kier molecular flexibility index (Phi) is 4.32. The second-order valence-corrected chi connectivity index (χ2v) is 7.32. The van der Waals surface area contributed by atoms with Crippen molar-refractivity contribution in [2.45, 2.75) is 25.3 Å². The molecular formula is C21H25N3O2. The maximum absolute atomic E-state index is 13.2. The van der Waals surface area contributed by atoms with Gasteiger partial charge >= 0.3 is 6.03 Å². The highest BCUT2D eigenvalue weighted by molar-refractivity contribution is 6.04. The molecule has 2 aromatic carbocycles. The van der Waals surface area contributed by atoms with Gasteiger partial charge in [0.1, 0.15) is 5.75 Å². The number of carbonyl (C=O) groups is 1. The zero-order valence-electron chi connectivity index (χ0n) is 15.5. The van der Waals surface area contributed by atoms with Crippen LogP contribution in [0.25, 0.3) is 0 Å². The lowest BCUT2D eigenvalue weighted by atomic mass is 9.89. The summed E-state index contributed by atoms with van der Waals surface area (Å²) in [5.41, 5.74) is 4.33. The van der Waals surface area contributed by atoms with Crippen molar-refractivity contribution in [3.8, 4) is 5.75 Å². The summed E-state index contributed by atoms with van der Waals surface area (Å²) in [5.74, 6) is 1.11. The van der Waals surface area contributed by atoms with Crippen LogP contribution in [0.4, 0.5) is 16.2 Å². The van der Waals surface area contributed by atoms with Crippen LogP contribution in [0.1, 0.15) is 23.5 Å². The Morgan fingerprint density at radius 1 is 1.23 bits per heavy atom. The van der Waals surface area contributed by atoms with Gasteiger partial charge in [0.15, 0.2) is 0 Å². The van der Waals surface area contributed by atoms with Gasteiger partial charge in [0.05, 0.1) is 7.11 Å². The lowest BCUT2D eigenvalue weighted by molar-refractivity contribution is 0.224. The molecule has 136 valence electrons. The summed E-state index contributed by atoms with van der Waals surface area (Å²) in [4.78, 5) is 17.5. The first kappa shape index (κ1) is 16.9. The fourth-order valence-corrected chi connectivity index (χ4v) is 4.23. The number of rotatable bonds is 2. The Bertz CT molecular complexity index is 836. The van der Waals surface area contributed by atoms with Crippen molar-refractivity contribution in [3.05, 3.63) is 53.6 Å². The SMILES string of the molecule is COc1cccc(NC(=O)N2c3ccc(C)cc3[C@@H]3CN(C)CC[C@@H]32)c1. The molecule has 0 saturated carbocycles. The minimum Gasteiger partial charge on any atom is -0.497 e. The van der Waals surface area contributed by atoms with Gasteiger partial charge in [0.25, 0.3) is 0 Å². The number of fused-ring (bicyclic) bond motifs is 3. The summed E-state index contributed by atoms with van der Waals surface area (Å²) < 4.78 is 5.26. The van der Waals surface area contributed by atoms with Gasteiger partial charge in [0.2, 0.25) is 0 Å². The van der Waals surface area contributed by atoms with Gasteiger partial charge in [-0.25, -0.2) is 4.79 Å². The molecular weight excluding hydrogens is 326 g/mol. The first-order chi connectivity index (χ1) is 12.6. The number of likely N-dealkylation sites (N-methyl/N-ethyl adjacent to an activating group) is 1. The quantitative estimate of drug-likeness (QED) is 0.894. The smallest absolute Gasteiger partial charge is 0.326 e. The van der Waals surface area contributed by atoms with Crippen molar-refractivity contribution in [1.29, 1.82) is 0 Å². The summed E-state index contributed by atoms with van der Waals surface area (Å²) in [5, 5.41) is 3.05. The fraction of sp³-hybridized carbons (Fsp3) is 0.381. The van der Waals surface area contributed by atoms with E-state index in [0.29, 0.717) is 5.92 Å². The lowest BCUT2D eigenvalue weighted by Crippen LogP contribution is -2.48. The van der Waals surface area contributed by atoms with E-state index in [-0.39, 0.29) is 12.1 Å². The molecule has 0 aromatic heterocycles.